The van der Waals surface area contributed by atoms with Gasteiger partial charge in [-0.3, -0.25) is 0 Å². The first kappa shape index (κ1) is 19.1. The smallest absolute Gasteiger partial charge is 0.238 e. The van der Waals surface area contributed by atoms with Crippen LogP contribution in [0.5, 0.6) is 0 Å². The molecule has 0 heterocycles. The molecule has 0 aliphatic heterocycles. The molecule has 0 radical (unpaired) electrons. The molecule has 0 atom stereocenters. The lowest BCUT2D eigenvalue weighted by atomic mass is 10.1. The number of nitrogens with two attached hydrogens (primary N) is 2. The molecule has 22 heavy (non-hydrogen) atoms. The van der Waals surface area contributed by atoms with E-state index in [1.54, 1.807) is 12.1 Å². The fourth-order valence-corrected chi connectivity index (χ4v) is 3.12. The maximum Gasteiger partial charge on any atom is 0.238 e. The van der Waals surface area contributed by atoms with E-state index in [4.69, 9.17) is 15.6 Å². The minimum atomic E-state index is -3.64. The highest BCUT2D eigenvalue weighted by Gasteiger charge is 2.12. The molecular formula is C16H28N2O3S. The van der Waals surface area contributed by atoms with Crippen molar-refractivity contribution < 1.29 is 13.2 Å². The number of benzene rings is 1. The van der Waals surface area contributed by atoms with Gasteiger partial charge in [-0.05, 0) is 50.3 Å². The quantitative estimate of drug-likeness (QED) is 0.575. The molecule has 5 nitrogen and oxygen atoms in total. The lowest BCUT2D eigenvalue weighted by Gasteiger charge is -2.08. The maximum absolute atomic E-state index is 11.5. The molecule has 0 aromatic heterocycles. The van der Waals surface area contributed by atoms with Gasteiger partial charge in [0.1, 0.15) is 0 Å². The number of hydrogen-bond acceptors (Lipinski definition) is 4. The van der Waals surface area contributed by atoms with Crippen LogP contribution < -0.4 is 10.9 Å². The molecule has 4 N–H and O–H groups in total. The summed E-state index contributed by atoms with van der Waals surface area (Å²) in [6.45, 7) is 2.27. The molecule has 0 fully saturated rings. The SMILES string of the molecule is NCCCCCCOCCCCc1ccccc1S(N)(=O)=O. The molecule has 0 unspecified atom stereocenters. The van der Waals surface area contributed by atoms with Crippen molar-refractivity contribution in [2.24, 2.45) is 10.9 Å². The first-order valence-electron chi connectivity index (χ1n) is 7.94. The lowest BCUT2D eigenvalue weighted by molar-refractivity contribution is 0.126. The van der Waals surface area contributed by atoms with E-state index in [1.807, 2.05) is 12.1 Å². The Kier molecular flexibility index (Phi) is 9.31. The van der Waals surface area contributed by atoms with Crippen molar-refractivity contribution in [2.75, 3.05) is 19.8 Å². The van der Waals surface area contributed by atoms with E-state index in [2.05, 4.69) is 0 Å². The fourth-order valence-electron chi connectivity index (χ4n) is 2.31. The molecule has 126 valence electrons. The zero-order valence-electron chi connectivity index (χ0n) is 13.2. The standard InChI is InChI=1S/C16H28N2O3S/c17-12-6-1-2-7-13-21-14-8-5-10-15-9-3-4-11-16(15)22(18,19)20/h3-4,9,11H,1-2,5-8,10,12-14,17H2,(H2,18,19,20). The maximum atomic E-state index is 11.5. The van der Waals surface area contributed by atoms with Gasteiger partial charge in [0.25, 0.3) is 0 Å². The Balaban J connectivity index is 2.16. The van der Waals surface area contributed by atoms with Crippen molar-refractivity contribution in [1.29, 1.82) is 0 Å². The van der Waals surface area contributed by atoms with Gasteiger partial charge < -0.3 is 10.5 Å². The van der Waals surface area contributed by atoms with E-state index in [-0.39, 0.29) is 4.90 Å². The molecule has 1 aromatic rings. The van der Waals surface area contributed by atoms with Crippen molar-refractivity contribution in [3.05, 3.63) is 29.8 Å². The van der Waals surface area contributed by atoms with E-state index in [9.17, 15) is 8.42 Å². The van der Waals surface area contributed by atoms with Crippen LogP contribution >= 0.6 is 0 Å². The van der Waals surface area contributed by atoms with Crippen LogP contribution in [0, 0.1) is 0 Å². The molecule has 0 aliphatic rings. The lowest BCUT2D eigenvalue weighted by Crippen LogP contribution is -2.14. The normalized spacial score (nSPS) is 11.7. The van der Waals surface area contributed by atoms with Crippen molar-refractivity contribution >= 4 is 10.0 Å². The van der Waals surface area contributed by atoms with Gasteiger partial charge in [0.2, 0.25) is 10.0 Å². The fraction of sp³-hybridized carbons (Fsp3) is 0.625. The summed E-state index contributed by atoms with van der Waals surface area (Å²) in [5.41, 5.74) is 6.22. The molecule has 1 rings (SSSR count). The molecule has 0 spiro atoms. The Morgan fingerprint density at radius 3 is 2.23 bits per heavy atom. The average Bonchev–Trinajstić information content (AvgIpc) is 2.48. The van der Waals surface area contributed by atoms with Gasteiger partial charge in [0.15, 0.2) is 0 Å². The minimum absolute atomic E-state index is 0.232. The third-order valence-electron chi connectivity index (χ3n) is 3.51. The first-order valence-corrected chi connectivity index (χ1v) is 9.49. The highest BCUT2D eigenvalue weighted by Crippen LogP contribution is 2.16. The van der Waals surface area contributed by atoms with E-state index >= 15 is 0 Å². The number of aryl methyl sites for hydroxylation is 1. The van der Waals surface area contributed by atoms with Crippen LogP contribution in [0.4, 0.5) is 0 Å². The summed E-state index contributed by atoms with van der Waals surface area (Å²) in [5.74, 6) is 0. The minimum Gasteiger partial charge on any atom is -0.381 e. The molecule has 6 heteroatoms. The molecule has 0 aliphatic carbocycles. The van der Waals surface area contributed by atoms with Crippen LogP contribution in [0.2, 0.25) is 0 Å². The van der Waals surface area contributed by atoms with Gasteiger partial charge in [0, 0.05) is 13.2 Å². The summed E-state index contributed by atoms with van der Waals surface area (Å²) < 4.78 is 28.5. The van der Waals surface area contributed by atoms with Crippen LogP contribution in [0.3, 0.4) is 0 Å². The molecular weight excluding hydrogens is 300 g/mol. The summed E-state index contributed by atoms with van der Waals surface area (Å²) in [6, 6.07) is 6.90. The van der Waals surface area contributed by atoms with Crippen LogP contribution in [0.15, 0.2) is 29.2 Å². The molecule has 0 bridgehead atoms. The largest absolute Gasteiger partial charge is 0.381 e. The molecule has 0 saturated heterocycles. The summed E-state index contributed by atoms with van der Waals surface area (Å²) in [5, 5.41) is 5.22. The Morgan fingerprint density at radius 1 is 0.909 bits per heavy atom. The van der Waals surface area contributed by atoms with E-state index < -0.39 is 10.0 Å². The Morgan fingerprint density at radius 2 is 1.55 bits per heavy atom. The molecule has 0 saturated carbocycles. The number of unbranched alkanes of at least 4 members (excludes halogenated alkanes) is 4. The Labute approximate surface area is 134 Å². The highest BCUT2D eigenvalue weighted by molar-refractivity contribution is 7.89. The number of sulfonamides is 1. The van der Waals surface area contributed by atoms with Crippen LogP contribution in [-0.2, 0) is 21.2 Å². The van der Waals surface area contributed by atoms with Crippen molar-refractivity contribution in [2.45, 2.75) is 49.8 Å². The summed E-state index contributed by atoms with van der Waals surface area (Å²) in [4.78, 5) is 0.232. The number of ether oxygens (including phenoxy) is 1. The zero-order chi connectivity index (χ0) is 16.3. The second-order valence-corrected chi connectivity index (χ2v) is 6.95. The van der Waals surface area contributed by atoms with Crippen LogP contribution in [0.1, 0.15) is 44.1 Å². The van der Waals surface area contributed by atoms with Crippen LogP contribution in [-0.4, -0.2) is 28.2 Å². The second-order valence-electron chi connectivity index (χ2n) is 5.43. The Bertz CT molecular complexity index is 518. The van der Waals surface area contributed by atoms with Crippen molar-refractivity contribution in [3.8, 4) is 0 Å². The highest BCUT2D eigenvalue weighted by atomic mass is 32.2. The van der Waals surface area contributed by atoms with Gasteiger partial charge in [-0.25, -0.2) is 13.6 Å². The monoisotopic (exact) mass is 328 g/mol. The van der Waals surface area contributed by atoms with E-state index in [0.29, 0.717) is 13.0 Å². The van der Waals surface area contributed by atoms with Crippen LogP contribution in [0.25, 0.3) is 0 Å². The average molecular weight is 328 g/mol. The second kappa shape index (κ2) is 10.7. The topological polar surface area (TPSA) is 95.4 Å². The number of rotatable bonds is 12. The zero-order valence-corrected chi connectivity index (χ0v) is 14.0. The van der Waals surface area contributed by atoms with Gasteiger partial charge >= 0.3 is 0 Å². The van der Waals surface area contributed by atoms with Gasteiger partial charge in [-0.1, -0.05) is 31.0 Å². The number of primary sulfonamides is 1. The first-order chi connectivity index (χ1) is 10.6. The van der Waals surface area contributed by atoms with Gasteiger partial charge in [-0.15, -0.1) is 0 Å². The number of hydrogen-bond donors (Lipinski definition) is 2. The predicted molar refractivity (Wildman–Crippen MR) is 89.1 cm³/mol. The molecule has 1 aromatic carbocycles. The third-order valence-corrected chi connectivity index (χ3v) is 4.52. The summed E-state index contributed by atoms with van der Waals surface area (Å²) >= 11 is 0. The predicted octanol–water partition coefficient (Wildman–Crippen LogP) is 2.19. The van der Waals surface area contributed by atoms with E-state index in [1.165, 1.54) is 12.8 Å². The third kappa shape index (κ3) is 7.89. The van der Waals surface area contributed by atoms with Crippen molar-refractivity contribution in [3.63, 3.8) is 0 Å². The summed E-state index contributed by atoms with van der Waals surface area (Å²) in [7, 11) is -3.64. The van der Waals surface area contributed by atoms with Gasteiger partial charge in [-0.2, -0.15) is 0 Å². The Hall–Kier alpha value is -0.950. The van der Waals surface area contributed by atoms with Crippen molar-refractivity contribution in [1.82, 2.24) is 0 Å². The summed E-state index contributed by atoms with van der Waals surface area (Å²) in [6.07, 6.45) is 7.01. The molecule has 0 amide bonds. The van der Waals surface area contributed by atoms with Gasteiger partial charge in [0.05, 0.1) is 4.90 Å². The van der Waals surface area contributed by atoms with E-state index in [0.717, 1.165) is 44.4 Å².